The molecule has 0 saturated heterocycles. The molecule has 8 heteroatoms. The first-order valence-corrected chi connectivity index (χ1v) is 9.48. The number of aromatic nitrogens is 4. The predicted octanol–water partition coefficient (Wildman–Crippen LogP) is 2.85. The van der Waals surface area contributed by atoms with Gasteiger partial charge in [-0.15, -0.1) is 5.10 Å². The SMILES string of the molecule is CSc1nc2nc(C)c(CCC(=O)NCc3ccc(F)cc3)c(C)n2n1. The summed E-state index contributed by atoms with van der Waals surface area (Å²) in [4.78, 5) is 21.0. The topological polar surface area (TPSA) is 72.2 Å². The first-order chi connectivity index (χ1) is 12.5. The number of hydrogen-bond acceptors (Lipinski definition) is 5. The summed E-state index contributed by atoms with van der Waals surface area (Å²) >= 11 is 1.47. The minimum absolute atomic E-state index is 0.0587. The van der Waals surface area contributed by atoms with Gasteiger partial charge in [-0.25, -0.2) is 13.9 Å². The van der Waals surface area contributed by atoms with Crippen LogP contribution in [-0.2, 0) is 17.8 Å². The number of amides is 1. The van der Waals surface area contributed by atoms with Crippen LogP contribution in [0, 0.1) is 19.7 Å². The zero-order chi connectivity index (χ0) is 18.7. The highest BCUT2D eigenvalue weighted by Crippen LogP contribution is 2.18. The molecule has 0 unspecified atom stereocenters. The molecule has 0 aliphatic heterocycles. The van der Waals surface area contributed by atoms with Gasteiger partial charge in [0.15, 0.2) is 0 Å². The van der Waals surface area contributed by atoms with Crippen molar-refractivity contribution in [1.82, 2.24) is 24.9 Å². The summed E-state index contributed by atoms with van der Waals surface area (Å²) in [5, 5.41) is 7.95. The lowest BCUT2D eigenvalue weighted by molar-refractivity contribution is -0.121. The summed E-state index contributed by atoms with van der Waals surface area (Å²) in [5.41, 5.74) is 3.68. The highest BCUT2D eigenvalue weighted by Gasteiger charge is 2.14. The number of hydrogen-bond donors (Lipinski definition) is 1. The number of halogens is 1. The van der Waals surface area contributed by atoms with Gasteiger partial charge >= 0.3 is 0 Å². The second-order valence-corrected chi connectivity index (χ2v) is 6.75. The van der Waals surface area contributed by atoms with E-state index >= 15 is 0 Å². The van der Waals surface area contributed by atoms with Crippen LogP contribution in [0.15, 0.2) is 29.4 Å². The molecule has 0 aliphatic rings. The summed E-state index contributed by atoms with van der Waals surface area (Å²) in [5.74, 6) is 0.233. The molecule has 0 fully saturated rings. The van der Waals surface area contributed by atoms with Crippen LogP contribution < -0.4 is 5.32 Å². The van der Waals surface area contributed by atoms with Gasteiger partial charge in [-0.2, -0.15) is 4.98 Å². The fraction of sp³-hybridized carbons (Fsp3) is 0.333. The van der Waals surface area contributed by atoms with Gasteiger partial charge in [-0.3, -0.25) is 4.79 Å². The Hall–Kier alpha value is -2.48. The average molecular weight is 373 g/mol. The summed E-state index contributed by atoms with van der Waals surface area (Å²) in [6.45, 7) is 4.27. The monoisotopic (exact) mass is 373 g/mol. The smallest absolute Gasteiger partial charge is 0.253 e. The first-order valence-electron chi connectivity index (χ1n) is 8.26. The maximum atomic E-state index is 12.9. The molecule has 0 bridgehead atoms. The van der Waals surface area contributed by atoms with Crippen molar-refractivity contribution in [3.63, 3.8) is 0 Å². The third-order valence-electron chi connectivity index (χ3n) is 4.22. The Morgan fingerprint density at radius 2 is 1.96 bits per heavy atom. The van der Waals surface area contributed by atoms with Gasteiger partial charge in [0.2, 0.25) is 11.1 Å². The number of fused-ring (bicyclic) bond motifs is 1. The third kappa shape index (κ3) is 4.01. The lowest BCUT2D eigenvalue weighted by atomic mass is 10.1. The van der Waals surface area contributed by atoms with Gasteiger partial charge in [0.1, 0.15) is 5.82 Å². The number of carbonyl (C=O) groups is 1. The summed E-state index contributed by atoms with van der Waals surface area (Å²) < 4.78 is 14.6. The summed E-state index contributed by atoms with van der Waals surface area (Å²) in [7, 11) is 0. The maximum Gasteiger partial charge on any atom is 0.253 e. The van der Waals surface area contributed by atoms with Gasteiger partial charge in [0.25, 0.3) is 5.78 Å². The van der Waals surface area contributed by atoms with Crippen LogP contribution in [0.2, 0.25) is 0 Å². The lowest BCUT2D eigenvalue weighted by Gasteiger charge is -2.10. The fourth-order valence-electron chi connectivity index (χ4n) is 2.77. The average Bonchev–Trinajstić information content (AvgIpc) is 3.04. The zero-order valence-electron chi connectivity index (χ0n) is 14.9. The van der Waals surface area contributed by atoms with E-state index in [9.17, 15) is 9.18 Å². The normalized spacial score (nSPS) is 11.1. The Bertz CT molecular complexity index is 939. The highest BCUT2D eigenvalue weighted by atomic mass is 32.2. The number of nitrogens with one attached hydrogen (secondary N) is 1. The van der Waals surface area contributed by atoms with Crippen LogP contribution in [0.1, 0.15) is 28.9 Å². The Labute approximate surface area is 155 Å². The van der Waals surface area contributed by atoms with E-state index in [1.807, 2.05) is 20.1 Å². The number of nitrogens with zero attached hydrogens (tertiary/aromatic N) is 4. The molecule has 3 rings (SSSR count). The van der Waals surface area contributed by atoms with Gasteiger partial charge in [0.05, 0.1) is 0 Å². The van der Waals surface area contributed by atoms with Gasteiger partial charge in [-0.1, -0.05) is 23.9 Å². The standard InChI is InChI=1S/C18H20FN5OS/c1-11-15(12(2)24-17(21-11)22-18(23-24)26-3)8-9-16(25)20-10-13-4-6-14(19)7-5-13/h4-7H,8-10H2,1-3H3,(H,20,25). The predicted molar refractivity (Wildman–Crippen MR) is 98.6 cm³/mol. The van der Waals surface area contributed by atoms with Crippen molar-refractivity contribution in [2.75, 3.05) is 6.26 Å². The molecule has 26 heavy (non-hydrogen) atoms. The van der Waals surface area contributed by atoms with Gasteiger partial charge < -0.3 is 5.32 Å². The van der Waals surface area contributed by atoms with E-state index in [1.54, 1.807) is 16.6 Å². The van der Waals surface area contributed by atoms with Crippen LogP contribution >= 0.6 is 11.8 Å². The van der Waals surface area contributed by atoms with Crippen molar-refractivity contribution in [1.29, 1.82) is 0 Å². The Kier molecular flexibility index (Phi) is 5.51. The van der Waals surface area contributed by atoms with E-state index in [0.29, 0.717) is 30.3 Å². The summed E-state index contributed by atoms with van der Waals surface area (Å²) in [6.07, 6.45) is 2.84. The van der Waals surface area contributed by atoms with E-state index < -0.39 is 0 Å². The van der Waals surface area contributed by atoms with E-state index in [4.69, 9.17) is 0 Å². The third-order valence-corrected chi connectivity index (χ3v) is 4.76. The first kappa shape index (κ1) is 18.3. The van der Waals surface area contributed by atoms with Crippen molar-refractivity contribution in [3.8, 4) is 0 Å². The highest BCUT2D eigenvalue weighted by molar-refractivity contribution is 7.98. The maximum absolute atomic E-state index is 12.9. The van der Waals surface area contributed by atoms with Crippen molar-refractivity contribution in [2.45, 2.75) is 38.4 Å². The van der Waals surface area contributed by atoms with Crippen LogP contribution in [0.5, 0.6) is 0 Å². The second-order valence-electron chi connectivity index (χ2n) is 5.97. The van der Waals surface area contributed by atoms with Crippen LogP contribution in [0.25, 0.3) is 5.78 Å². The van der Waals surface area contributed by atoms with Crippen LogP contribution in [0.3, 0.4) is 0 Å². The molecule has 1 aromatic carbocycles. The molecule has 3 aromatic rings. The molecule has 0 saturated carbocycles. The molecule has 0 radical (unpaired) electrons. The van der Waals surface area contributed by atoms with E-state index in [0.717, 1.165) is 22.5 Å². The number of aryl methyl sites for hydroxylation is 2. The molecule has 0 atom stereocenters. The molecular formula is C18H20FN5OS. The van der Waals surface area contributed by atoms with Crippen molar-refractivity contribution in [2.24, 2.45) is 0 Å². The van der Waals surface area contributed by atoms with E-state index in [1.165, 1.54) is 23.9 Å². The number of benzene rings is 1. The fourth-order valence-corrected chi connectivity index (χ4v) is 3.10. The molecule has 0 aliphatic carbocycles. The Balaban J connectivity index is 1.65. The molecule has 2 heterocycles. The van der Waals surface area contributed by atoms with Gasteiger partial charge in [-0.05, 0) is 49.8 Å². The van der Waals surface area contributed by atoms with Crippen molar-refractivity contribution < 1.29 is 9.18 Å². The minimum Gasteiger partial charge on any atom is -0.352 e. The molecule has 1 amide bonds. The lowest BCUT2D eigenvalue weighted by Crippen LogP contribution is -2.23. The van der Waals surface area contributed by atoms with Crippen molar-refractivity contribution in [3.05, 3.63) is 52.6 Å². The van der Waals surface area contributed by atoms with E-state index in [-0.39, 0.29) is 11.7 Å². The van der Waals surface area contributed by atoms with Crippen LogP contribution in [0.4, 0.5) is 4.39 Å². The molecule has 6 nitrogen and oxygen atoms in total. The number of carbonyl (C=O) groups excluding carboxylic acids is 1. The largest absolute Gasteiger partial charge is 0.352 e. The van der Waals surface area contributed by atoms with Gasteiger partial charge in [0, 0.05) is 24.4 Å². The molecule has 1 N–H and O–H groups in total. The molecular weight excluding hydrogens is 353 g/mol. The van der Waals surface area contributed by atoms with E-state index in [2.05, 4.69) is 20.4 Å². The summed E-state index contributed by atoms with van der Waals surface area (Å²) in [6, 6.07) is 6.09. The Morgan fingerprint density at radius 3 is 2.65 bits per heavy atom. The quantitative estimate of drug-likeness (QED) is 0.673. The number of rotatable bonds is 6. The van der Waals surface area contributed by atoms with Crippen molar-refractivity contribution >= 4 is 23.4 Å². The molecule has 136 valence electrons. The Morgan fingerprint density at radius 1 is 1.23 bits per heavy atom. The zero-order valence-corrected chi connectivity index (χ0v) is 15.7. The molecule has 2 aromatic heterocycles. The second kappa shape index (κ2) is 7.82. The van der Waals surface area contributed by atoms with Crippen LogP contribution in [-0.4, -0.2) is 31.7 Å². The molecule has 0 spiro atoms. The number of thioether (sulfide) groups is 1. The minimum atomic E-state index is -0.285.